The lowest BCUT2D eigenvalue weighted by atomic mass is 9.77. The van der Waals surface area contributed by atoms with Crippen LogP contribution in [0.4, 0.5) is 4.79 Å². The first kappa shape index (κ1) is 8.81. The fourth-order valence-corrected chi connectivity index (χ4v) is 2.34. The summed E-state index contributed by atoms with van der Waals surface area (Å²) in [5, 5.41) is 3.34. The predicted octanol–water partition coefficient (Wildman–Crippen LogP) is 0.437. The Balaban J connectivity index is 2.19. The minimum Gasteiger partial charge on any atom is -0.449 e. The van der Waals surface area contributed by atoms with Gasteiger partial charge in [-0.15, -0.1) is 0 Å². The number of ether oxygens (including phenoxy) is 1. The van der Waals surface area contributed by atoms with Crippen molar-refractivity contribution >= 4 is 6.09 Å². The molecule has 0 radical (unpaired) electrons. The van der Waals surface area contributed by atoms with Crippen molar-refractivity contribution in [3.05, 3.63) is 0 Å². The van der Waals surface area contributed by atoms with Crippen LogP contribution in [0, 0.1) is 5.41 Å². The first-order chi connectivity index (χ1) is 6.13. The predicted molar refractivity (Wildman–Crippen MR) is 48.5 cm³/mol. The summed E-state index contributed by atoms with van der Waals surface area (Å²) < 4.78 is 5.11. The van der Waals surface area contributed by atoms with Gasteiger partial charge in [0.05, 0.1) is 0 Å². The maximum atomic E-state index is 11.3. The zero-order chi connectivity index (χ0) is 9.47. The molecule has 4 nitrogen and oxygen atoms in total. The van der Waals surface area contributed by atoms with Crippen LogP contribution in [0.5, 0.6) is 0 Å². The van der Waals surface area contributed by atoms with Crippen LogP contribution < -0.4 is 5.32 Å². The minimum atomic E-state index is -0.177. The number of carbonyl (C=O) groups excluding carboxylic acids is 1. The van der Waals surface area contributed by atoms with Crippen molar-refractivity contribution in [3.8, 4) is 0 Å². The lowest BCUT2D eigenvalue weighted by Crippen LogP contribution is -2.61. The van der Waals surface area contributed by atoms with E-state index in [-0.39, 0.29) is 11.5 Å². The van der Waals surface area contributed by atoms with Gasteiger partial charge in [-0.05, 0) is 13.0 Å². The van der Waals surface area contributed by atoms with Crippen LogP contribution in [0.2, 0.25) is 0 Å². The average molecular weight is 184 g/mol. The Kier molecular flexibility index (Phi) is 1.95. The Bertz CT molecular complexity index is 232. The summed E-state index contributed by atoms with van der Waals surface area (Å²) in [5.74, 6) is 0. The van der Waals surface area contributed by atoms with Crippen LogP contribution in [0.25, 0.3) is 0 Å². The number of piperidine rings is 1. The number of hydrogen-bond acceptors (Lipinski definition) is 3. The highest BCUT2D eigenvalue weighted by Gasteiger charge is 2.45. The Labute approximate surface area is 78.2 Å². The van der Waals surface area contributed by atoms with Gasteiger partial charge in [-0.1, -0.05) is 6.92 Å². The van der Waals surface area contributed by atoms with Crippen molar-refractivity contribution in [1.29, 1.82) is 0 Å². The third-order valence-corrected chi connectivity index (χ3v) is 3.21. The van der Waals surface area contributed by atoms with Gasteiger partial charge in [0.1, 0.15) is 6.61 Å². The zero-order valence-corrected chi connectivity index (χ0v) is 8.17. The van der Waals surface area contributed by atoms with E-state index in [1.54, 1.807) is 4.90 Å². The number of amides is 1. The number of hydrogen-bond donors (Lipinski definition) is 1. The standard InChI is InChI=1S/C9H16N2O2/c1-9-5-10-4-3-7(9)11(2)8(12)13-6-9/h7,10H,3-6H2,1-2H3. The largest absolute Gasteiger partial charge is 0.449 e. The number of nitrogens with one attached hydrogen (secondary N) is 1. The molecule has 13 heavy (non-hydrogen) atoms. The summed E-state index contributed by atoms with van der Waals surface area (Å²) in [4.78, 5) is 13.0. The summed E-state index contributed by atoms with van der Waals surface area (Å²) >= 11 is 0. The second-order valence-electron chi connectivity index (χ2n) is 4.30. The monoisotopic (exact) mass is 184 g/mol. The number of nitrogens with zero attached hydrogens (tertiary/aromatic N) is 1. The first-order valence-corrected chi connectivity index (χ1v) is 4.74. The van der Waals surface area contributed by atoms with E-state index in [4.69, 9.17) is 4.74 Å². The third kappa shape index (κ3) is 1.29. The normalized spacial score (nSPS) is 39.7. The quantitative estimate of drug-likeness (QED) is 0.594. The van der Waals surface area contributed by atoms with Gasteiger partial charge in [-0.25, -0.2) is 4.79 Å². The van der Waals surface area contributed by atoms with Crippen molar-refractivity contribution in [1.82, 2.24) is 10.2 Å². The van der Waals surface area contributed by atoms with Gasteiger partial charge < -0.3 is 15.0 Å². The van der Waals surface area contributed by atoms with Gasteiger partial charge in [-0.2, -0.15) is 0 Å². The highest BCUT2D eigenvalue weighted by molar-refractivity contribution is 5.68. The Morgan fingerprint density at radius 2 is 2.46 bits per heavy atom. The molecule has 4 heteroatoms. The Morgan fingerprint density at radius 3 is 3.23 bits per heavy atom. The molecular formula is C9H16N2O2. The Morgan fingerprint density at radius 1 is 1.69 bits per heavy atom. The van der Waals surface area contributed by atoms with Gasteiger partial charge in [-0.3, -0.25) is 0 Å². The van der Waals surface area contributed by atoms with E-state index in [2.05, 4.69) is 12.2 Å². The molecule has 0 saturated carbocycles. The third-order valence-electron chi connectivity index (χ3n) is 3.21. The van der Waals surface area contributed by atoms with E-state index in [0.717, 1.165) is 19.5 Å². The summed E-state index contributed by atoms with van der Waals surface area (Å²) in [6, 6.07) is 0.343. The maximum absolute atomic E-state index is 11.3. The molecular weight excluding hydrogens is 168 g/mol. The molecule has 2 saturated heterocycles. The van der Waals surface area contributed by atoms with E-state index in [1.165, 1.54) is 0 Å². The van der Waals surface area contributed by atoms with E-state index in [9.17, 15) is 4.79 Å². The van der Waals surface area contributed by atoms with Crippen molar-refractivity contribution < 1.29 is 9.53 Å². The summed E-state index contributed by atoms with van der Waals surface area (Å²) in [6.45, 7) is 4.66. The van der Waals surface area contributed by atoms with E-state index in [1.807, 2.05) is 7.05 Å². The van der Waals surface area contributed by atoms with Crippen molar-refractivity contribution in [2.75, 3.05) is 26.7 Å². The van der Waals surface area contributed by atoms with Crippen molar-refractivity contribution in [3.63, 3.8) is 0 Å². The number of carbonyl (C=O) groups is 1. The second-order valence-corrected chi connectivity index (χ2v) is 4.30. The molecule has 2 fully saturated rings. The SMILES string of the molecule is CN1C(=O)OCC2(C)CNCCC12. The van der Waals surface area contributed by atoms with E-state index >= 15 is 0 Å². The first-order valence-electron chi connectivity index (χ1n) is 4.74. The van der Waals surface area contributed by atoms with Crippen LogP contribution in [0.3, 0.4) is 0 Å². The van der Waals surface area contributed by atoms with Crippen LogP contribution in [0.1, 0.15) is 13.3 Å². The van der Waals surface area contributed by atoms with Gasteiger partial charge in [0.2, 0.25) is 0 Å². The van der Waals surface area contributed by atoms with Crippen LogP contribution >= 0.6 is 0 Å². The molecule has 2 atom stereocenters. The molecule has 2 heterocycles. The fraction of sp³-hybridized carbons (Fsp3) is 0.889. The molecule has 2 rings (SSSR count). The summed E-state index contributed by atoms with van der Waals surface area (Å²) in [5.41, 5.74) is 0.0981. The molecule has 0 aromatic rings. The van der Waals surface area contributed by atoms with Gasteiger partial charge in [0, 0.05) is 25.0 Å². The van der Waals surface area contributed by atoms with Gasteiger partial charge in [0.15, 0.2) is 0 Å². The van der Waals surface area contributed by atoms with E-state index < -0.39 is 0 Å². The molecule has 0 bridgehead atoms. The number of rotatable bonds is 0. The second kappa shape index (κ2) is 2.87. The van der Waals surface area contributed by atoms with E-state index in [0.29, 0.717) is 12.6 Å². The van der Waals surface area contributed by atoms with Crippen molar-refractivity contribution in [2.45, 2.75) is 19.4 Å². The highest BCUT2D eigenvalue weighted by atomic mass is 16.6. The average Bonchev–Trinajstić information content (AvgIpc) is 2.12. The van der Waals surface area contributed by atoms with Crippen LogP contribution in [-0.4, -0.2) is 43.8 Å². The lowest BCUT2D eigenvalue weighted by Gasteiger charge is -2.48. The fourth-order valence-electron chi connectivity index (χ4n) is 2.34. The molecule has 0 aliphatic carbocycles. The van der Waals surface area contributed by atoms with Gasteiger partial charge in [0.25, 0.3) is 0 Å². The lowest BCUT2D eigenvalue weighted by molar-refractivity contribution is -0.0429. The summed E-state index contributed by atoms with van der Waals surface area (Å²) in [6.07, 6.45) is 0.853. The molecule has 2 aliphatic heterocycles. The molecule has 2 aliphatic rings. The van der Waals surface area contributed by atoms with Gasteiger partial charge >= 0.3 is 6.09 Å². The molecule has 0 aromatic heterocycles. The number of cyclic esters (lactones) is 1. The minimum absolute atomic E-state index is 0.0981. The molecule has 74 valence electrons. The number of fused-ring (bicyclic) bond motifs is 1. The summed E-state index contributed by atoms with van der Waals surface area (Å²) in [7, 11) is 1.83. The maximum Gasteiger partial charge on any atom is 0.409 e. The zero-order valence-electron chi connectivity index (χ0n) is 8.17. The molecule has 2 unspecified atom stereocenters. The van der Waals surface area contributed by atoms with Crippen LogP contribution in [-0.2, 0) is 4.74 Å². The molecule has 0 spiro atoms. The molecule has 1 N–H and O–H groups in total. The van der Waals surface area contributed by atoms with Crippen LogP contribution in [0.15, 0.2) is 0 Å². The molecule has 1 amide bonds. The smallest absolute Gasteiger partial charge is 0.409 e. The highest BCUT2D eigenvalue weighted by Crippen LogP contribution is 2.33. The Hall–Kier alpha value is -0.770. The van der Waals surface area contributed by atoms with Crippen molar-refractivity contribution in [2.24, 2.45) is 5.41 Å². The topological polar surface area (TPSA) is 41.6 Å². The molecule has 0 aromatic carbocycles.